The van der Waals surface area contributed by atoms with Crippen LogP contribution in [0.15, 0.2) is 79.1 Å². The van der Waals surface area contributed by atoms with Gasteiger partial charge in [0.15, 0.2) is 5.11 Å². The topological polar surface area (TPSA) is 51.5 Å². The maximum absolute atomic E-state index is 13.9. The summed E-state index contributed by atoms with van der Waals surface area (Å²) in [5, 5.41) is 4.02. The largest absolute Gasteiger partial charge is 0.497 e. The molecule has 3 heterocycles. The van der Waals surface area contributed by atoms with Gasteiger partial charge in [-0.05, 0) is 66.8 Å². The van der Waals surface area contributed by atoms with Crippen molar-refractivity contribution in [3.05, 3.63) is 101 Å². The Balaban J connectivity index is 1.69. The van der Waals surface area contributed by atoms with E-state index in [0.29, 0.717) is 16.6 Å². The van der Waals surface area contributed by atoms with Gasteiger partial charge in [0.2, 0.25) is 0 Å². The molecule has 9 heteroatoms. The van der Waals surface area contributed by atoms with Crippen molar-refractivity contribution in [2.45, 2.75) is 12.1 Å². The average molecular weight is 509 g/mol. The Morgan fingerprint density at radius 2 is 1.89 bits per heavy atom. The number of rotatable bonds is 6. The van der Waals surface area contributed by atoms with Gasteiger partial charge >= 0.3 is 0 Å². The fourth-order valence-corrected chi connectivity index (χ4v) is 4.92. The Labute approximate surface area is 212 Å². The molecule has 1 saturated heterocycles. The van der Waals surface area contributed by atoms with E-state index in [4.69, 9.17) is 33.3 Å². The molecule has 0 saturated carbocycles. The molecule has 0 spiro atoms. The number of pyridine rings is 1. The molecule has 5 rings (SSSR count). The second kappa shape index (κ2) is 9.56. The summed E-state index contributed by atoms with van der Waals surface area (Å²) in [5.74, 6) is 0.817. The number of aromatic nitrogens is 2. The van der Waals surface area contributed by atoms with Crippen molar-refractivity contribution >= 4 is 34.6 Å². The summed E-state index contributed by atoms with van der Waals surface area (Å²) in [5.41, 5.74) is 3.25. The zero-order valence-corrected chi connectivity index (χ0v) is 20.6. The average Bonchev–Trinajstić information content (AvgIpc) is 3.50. The number of halogens is 2. The van der Waals surface area contributed by atoms with Gasteiger partial charge in [0, 0.05) is 29.8 Å². The van der Waals surface area contributed by atoms with Gasteiger partial charge in [0.25, 0.3) is 0 Å². The van der Waals surface area contributed by atoms with Crippen molar-refractivity contribution in [3.8, 4) is 17.2 Å². The van der Waals surface area contributed by atoms with E-state index in [1.165, 1.54) is 6.07 Å². The number of thiocarbonyl (C=S) groups is 1. The van der Waals surface area contributed by atoms with Gasteiger partial charge in [-0.2, -0.15) is 0 Å². The van der Waals surface area contributed by atoms with Gasteiger partial charge in [-0.15, -0.1) is 0 Å². The number of anilines is 1. The molecule has 0 unspecified atom stereocenters. The van der Waals surface area contributed by atoms with E-state index in [-0.39, 0.29) is 17.1 Å². The lowest BCUT2D eigenvalue weighted by molar-refractivity contribution is 0.394. The van der Waals surface area contributed by atoms with E-state index in [9.17, 15) is 4.39 Å². The smallest absolute Gasteiger partial charge is 0.174 e. The zero-order valence-electron chi connectivity index (χ0n) is 19.0. The van der Waals surface area contributed by atoms with Crippen molar-refractivity contribution < 1.29 is 13.9 Å². The number of nitrogens with zero attached hydrogens (tertiary/aromatic N) is 3. The Morgan fingerprint density at radius 1 is 1.03 bits per heavy atom. The molecule has 1 aliphatic rings. The summed E-state index contributed by atoms with van der Waals surface area (Å²) < 4.78 is 27.0. The lowest BCUT2D eigenvalue weighted by Crippen LogP contribution is -2.30. The van der Waals surface area contributed by atoms with E-state index in [2.05, 4.69) is 10.3 Å². The van der Waals surface area contributed by atoms with E-state index in [1.807, 2.05) is 64.2 Å². The zero-order chi connectivity index (χ0) is 24.5. The highest BCUT2D eigenvalue weighted by Gasteiger charge is 2.43. The first-order chi connectivity index (χ1) is 17.0. The predicted molar refractivity (Wildman–Crippen MR) is 138 cm³/mol. The minimum atomic E-state index is -0.469. The van der Waals surface area contributed by atoms with Crippen LogP contribution in [0.5, 0.6) is 11.5 Å². The molecule has 0 radical (unpaired) electrons. The van der Waals surface area contributed by atoms with Crippen LogP contribution in [0, 0.1) is 5.82 Å². The van der Waals surface area contributed by atoms with Gasteiger partial charge in [0.1, 0.15) is 23.4 Å². The minimum Gasteiger partial charge on any atom is -0.497 e. The third-order valence-corrected chi connectivity index (χ3v) is 6.61. The highest BCUT2D eigenvalue weighted by atomic mass is 35.5. The molecule has 2 aromatic carbocycles. The van der Waals surface area contributed by atoms with E-state index in [1.54, 1.807) is 32.5 Å². The number of ether oxygens (including phenoxy) is 2. The summed E-state index contributed by atoms with van der Waals surface area (Å²) in [6.45, 7) is 0. The number of methoxy groups -OCH3 is 2. The molecule has 0 amide bonds. The Morgan fingerprint density at radius 3 is 2.60 bits per heavy atom. The molecule has 1 fully saturated rings. The first-order valence-corrected chi connectivity index (χ1v) is 11.7. The third-order valence-electron chi connectivity index (χ3n) is 6.01. The fourth-order valence-electron chi connectivity index (χ4n) is 4.40. The van der Waals surface area contributed by atoms with Crippen LogP contribution < -0.4 is 19.7 Å². The summed E-state index contributed by atoms with van der Waals surface area (Å²) in [6, 6.07) is 19.4. The summed E-state index contributed by atoms with van der Waals surface area (Å²) in [6.07, 6.45) is 3.67. The molecule has 1 N–H and O–H groups in total. The highest BCUT2D eigenvalue weighted by Crippen LogP contribution is 2.45. The van der Waals surface area contributed by atoms with E-state index >= 15 is 0 Å². The van der Waals surface area contributed by atoms with Crippen LogP contribution in [0.2, 0.25) is 5.02 Å². The number of hydrogen-bond donors (Lipinski definition) is 1. The first-order valence-electron chi connectivity index (χ1n) is 10.9. The number of benzene rings is 2. The molecule has 2 aromatic heterocycles. The molecular formula is C26H22ClFN4O2S. The molecule has 0 bridgehead atoms. The second-order valence-corrected chi connectivity index (χ2v) is 8.73. The van der Waals surface area contributed by atoms with Crippen LogP contribution in [0.4, 0.5) is 10.1 Å². The van der Waals surface area contributed by atoms with Crippen LogP contribution >= 0.6 is 23.8 Å². The summed E-state index contributed by atoms with van der Waals surface area (Å²) in [7, 11) is 3.22. The summed E-state index contributed by atoms with van der Waals surface area (Å²) in [4.78, 5) is 6.62. The quantitative estimate of drug-likeness (QED) is 0.329. The SMILES string of the molecule is COc1ccc(N2C(=S)N[C@@H](c3ccccn3)[C@@H]2c2cccn2-c2ccc(F)c(Cl)c2)c(OC)c1. The minimum absolute atomic E-state index is 0.0529. The molecule has 4 aromatic rings. The molecule has 2 atom stereocenters. The Kier molecular flexibility index (Phi) is 6.32. The molecule has 35 heavy (non-hydrogen) atoms. The van der Waals surface area contributed by atoms with Crippen molar-refractivity contribution in [1.82, 2.24) is 14.9 Å². The molecule has 6 nitrogen and oxygen atoms in total. The predicted octanol–water partition coefficient (Wildman–Crippen LogP) is 5.86. The van der Waals surface area contributed by atoms with Gasteiger partial charge in [-0.3, -0.25) is 4.98 Å². The van der Waals surface area contributed by atoms with Crippen LogP contribution in [0.3, 0.4) is 0 Å². The van der Waals surface area contributed by atoms with E-state index < -0.39 is 5.82 Å². The van der Waals surface area contributed by atoms with Crippen LogP contribution in [-0.2, 0) is 0 Å². The normalized spacial score (nSPS) is 17.4. The van der Waals surface area contributed by atoms with Gasteiger partial charge in [-0.25, -0.2) is 4.39 Å². The monoisotopic (exact) mass is 508 g/mol. The highest BCUT2D eigenvalue weighted by molar-refractivity contribution is 7.80. The molecule has 0 aliphatic carbocycles. The van der Waals surface area contributed by atoms with E-state index in [0.717, 1.165) is 22.8 Å². The van der Waals surface area contributed by atoms with Crippen LogP contribution in [-0.4, -0.2) is 28.9 Å². The third kappa shape index (κ3) is 4.19. The Hall–Kier alpha value is -3.62. The number of nitrogens with one attached hydrogen (secondary N) is 1. The maximum Gasteiger partial charge on any atom is 0.174 e. The second-order valence-electron chi connectivity index (χ2n) is 7.94. The van der Waals surface area contributed by atoms with Crippen molar-refractivity contribution in [3.63, 3.8) is 0 Å². The lowest BCUT2D eigenvalue weighted by Gasteiger charge is -2.30. The molecular weight excluding hydrogens is 487 g/mol. The van der Waals surface area contributed by atoms with Crippen molar-refractivity contribution in [1.29, 1.82) is 0 Å². The van der Waals surface area contributed by atoms with Crippen LogP contribution in [0.1, 0.15) is 23.5 Å². The molecule has 178 valence electrons. The van der Waals surface area contributed by atoms with Gasteiger partial charge in [0.05, 0.1) is 36.7 Å². The van der Waals surface area contributed by atoms with Gasteiger partial charge in [-0.1, -0.05) is 17.7 Å². The lowest BCUT2D eigenvalue weighted by atomic mass is 10.0. The standard InChI is InChI=1S/C26H22ClFN4O2S/c1-33-17-9-11-21(23(15-17)34-2)32-25(24(30-26(32)35)20-6-3-4-12-29-20)22-7-5-13-31(22)16-8-10-19(28)18(27)14-16/h3-15,24-25H,1-2H3,(H,30,35)/t24-,25-/m0/s1. The Bertz CT molecular complexity index is 1380. The van der Waals surface area contributed by atoms with Gasteiger partial charge < -0.3 is 24.3 Å². The van der Waals surface area contributed by atoms with Crippen molar-refractivity contribution in [2.75, 3.05) is 19.1 Å². The summed E-state index contributed by atoms with van der Waals surface area (Å²) >= 11 is 12.0. The van der Waals surface area contributed by atoms with Crippen LogP contribution in [0.25, 0.3) is 5.69 Å². The maximum atomic E-state index is 13.9. The molecule has 1 aliphatic heterocycles. The fraction of sp³-hybridized carbons (Fsp3) is 0.154. The van der Waals surface area contributed by atoms with Crippen molar-refractivity contribution in [2.24, 2.45) is 0 Å². The first kappa shape index (κ1) is 23.1. The number of hydrogen-bond acceptors (Lipinski definition) is 4.